The van der Waals surface area contributed by atoms with E-state index in [1.54, 1.807) is 19.1 Å². The summed E-state index contributed by atoms with van der Waals surface area (Å²) in [6.45, 7) is 7.14. The Morgan fingerprint density at radius 1 is 1.03 bits per heavy atom. The van der Waals surface area contributed by atoms with E-state index < -0.39 is 10.0 Å². The van der Waals surface area contributed by atoms with Gasteiger partial charge >= 0.3 is 0 Å². The Kier molecular flexibility index (Phi) is 6.17. The molecule has 0 bridgehead atoms. The highest BCUT2D eigenvalue weighted by molar-refractivity contribution is 7.89. The van der Waals surface area contributed by atoms with Gasteiger partial charge in [-0.05, 0) is 49.2 Å². The molecule has 2 aromatic carbocycles. The number of nitrogens with one attached hydrogen (secondary N) is 1. The third-order valence-corrected chi connectivity index (χ3v) is 7.50. The number of carbonyl (C=O) groups is 1. The summed E-state index contributed by atoms with van der Waals surface area (Å²) < 4.78 is 38.6. The van der Waals surface area contributed by atoms with Crippen molar-refractivity contribution in [3.8, 4) is 11.5 Å². The molecule has 1 fully saturated rings. The molecule has 0 aliphatic carbocycles. The molecule has 166 valence electrons. The van der Waals surface area contributed by atoms with E-state index in [9.17, 15) is 13.2 Å². The number of aryl methyl sites for hydroxylation is 1. The van der Waals surface area contributed by atoms with Crippen molar-refractivity contribution >= 4 is 15.9 Å². The topological polar surface area (TPSA) is 88.2 Å². The predicted octanol–water partition coefficient (Wildman–Crippen LogP) is 1.98. The second-order valence-electron chi connectivity index (χ2n) is 7.70. The Hall–Kier alpha value is -2.62. The Balaban J connectivity index is 1.42. The first-order chi connectivity index (χ1) is 14.9. The molecule has 0 aromatic heterocycles. The first-order valence-corrected chi connectivity index (χ1v) is 11.8. The number of rotatable bonds is 6. The first kappa shape index (κ1) is 21.6. The maximum atomic E-state index is 13.2. The molecule has 0 saturated carbocycles. The summed E-state index contributed by atoms with van der Waals surface area (Å²) in [5.74, 6) is 1.25. The molecule has 0 radical (unpaired) electrons. The van der Waals surface area contributed by atoms with Crippen molar-refractivity contribution < 1.29 is 22.7 Å². The van der Waals surface area contributed by atoms with Crippen molar-refractivity contribution in [2.75, 3.05) is 39.5 Å². The van der Waals surface area contributed by atoms with E-state index in [0.29, 0.717) is 38.3 Å². The van der Waals surface area contributed by atoms with Crippen LogP contribution in [-0.2, 0) is 16.6 Å². The lowest BCUT2D eigenvalue weighted by atomic mass is 10.1. The van der Waals surface area contributed by atoms with Crippen molar-refractivity contribution in [3.05, 3.63) is 53.1 Å². The maximum Gasteiger partial charge on any atom is 0.251 e. The molecule has 2 aliphatic rings. The average molecular weight is 446 g/mol. The lowest BCUT2D eigenvalue weighted by Crippen LogP contribution is -2.48. The largest absolute Gasteiger partial charge is 0.454 e. The number of carbonyl (C=O) groups excluding carboxylic acids is 1. The molecule has 1 N–H and O–H groups in total. The van der Waals surface area contributed by atoms with E-state index in [1.165, 1.54) is 10.4 Å². The Morgan fingerprint density at radius 3 is 2.52 bits per heavy atom. The van der Waals surface area contributed by atoms with Crippen molar-refractivity contribution in [3.63, 3.8) is 0 Å². The minimum absolute atomic E-state index is 0.156. The molecular weight excluding hydrogens is 418 g/mol. The molecule has 9 heteroatoms. The smallest absolute Gasteiger partial charge is 0.251 e. The summed E-state index contributed by atoms with van der Waals surface area (Å²) in [7, 11) is -3.66. The minimum atomic E-state index is -3.66. The average Bonchev–Trinajstić information content (AvgIpc) is 3.22. The SMILES string of the molecule is CCNC(=O)c1cc(S(=O)(=O)N2CCN(Cc3ccc4c(c3)OCO4)CC2)ccc1C. The molecule has 0 atom stereocenters. The summed E-state index contributed by atoms with van der Waals surface area (Å²) in [6.07, 6.45) is 0. The fourth-order valence-corrected chi connectivity index (χ4v) is 5.29. The van der Waals surface area contributed by atoms with Crippen LogP contribution in [0, 0.1) is 6.92 Å². The van der Waals surface area contributed by atoms with Gasteiger partial charge in [0.2, 0.25) is 16.8 Å². The van der Waals surface area contributed by atoms with Gasteiger partial charge in [0.25, 0.3) is 5.91 Å². The van der Waals surface area contributed by atoms with Crippen molar-refractivity contribution in [1.29, 1.82) is 0 Å². The number of sulfonamides is 1. The van der Waals surface area contributed by atoms with Crippen molar-refractivity contribution in [2.45, 2.75) is 25.3 Å². The molecule has 31 heavy (non-hydrogen) atoms. The highest BCUT2D eigenvalue weighted by atomic mass is 32.2. The van der Waals surface area contributed by atoms with E-state index in [-0.39, 0.29) is 17.6 Å². The zero-order valence-electron chi connectivity index (χ0n) is 17.8. The summed E-state index contributed by atoms with van der Waals surface area (Å²) in [5.41, 5.74) is 2.24. The quantitative estimate of drug-likeness (QED) is 0.732. The maximum absolute atomic E-state index is 13.2. The molecular formula is C22H27N3O5S. The van der Waals surface area contributed by atoms with Crippen LogP contribution in [0.3, 0.4) is 0 Å². The van der Waals surface area contributed by atoms with E-state index >= 15 is 0 Å². The second kappa shape index (κ2) is 8.86. The molecule has 2 aromatic rings. The molecule has 1 saturated heterocycles. The van der Waals surface area contributed by atoms with Gasteiger partial charge in [-0.1, -0.05) is 12.1 Å². The van der Waals surface area contributed by atoms with Crippen molar-refractivity contribution in [2.24, 2.45) is 0 Å². The van der Waals surface area contributed by atoms with Crippen LogP contribution >= 0.6 is 0 Å². The molecule has 4 rings (SSSR count). The zero-order chi connectivity index (χ0) is 22.0. The fraction of sp³-hybridized carbons (Fsp3) is 0.409. The van der Waals surface area contributed by atoms with Gasteiger partial charge < -0.3 is 14.8 Å². The standard InChI is InChI=1S/C22H27N3O5S/c1-3-23-22(26)19-13-18(6-4-16(19)2)31(27,28)25-10-8-24(9-11-25)14-17-5-7-20-21(12-17)30-15-29-20/h4-7,12-13H,3,8-11,14-15H2,1-2H3,(H,23,26). The Bertz CT molecular complexity index is 1080. The van der Waals surface area contributed by atoms with Crippen LogP contribution in [0.4, 0.5) is 0 Å². The minimum Gasteiger partial charge on any atom is -0.454 e. The van der Waals surface area contributed by atoms with Gasteiger partial charge in [-0.3, -0.25) is 9.69 Å². The van der Waals surface area contributed by atoms with Crippen LogP contribution in [0.15, 0.2) is 41.3 Å². The van der Waals surface area contributed by atoms with Gasteiger partial charge in [0.1, 0.15) is 0 Å². The van der Waals surface area contributed by atoms with Crippen LogP contribution in [-0.4, -0.2) is 63.0 Å². The van der Waals surface area contributed by atoms with E-state index in [1.807, 2.05) is 25.1 Å². The van der Waals surface area contributed by atoms with Crippen LogP contribution in [0.25, 0.3) is 0 Å². The molecule has 8 nitrogen and oxygen atoms in total. The van der Waals surface area contributed by atoms with Gasteiger partial charge in [-0.2, -0.15) is 4.31 Å². The lowest BCUT2D eigenvalue weighted by molar-refractivity contribution is 0.0955. The number of hydrogen-bond donors (Lipinski definition) is 1. The van der Waals surface area contributed by atoms with Crippen LogP contribution in [0.5, 0.6) is 11.5 Å². The predicted molar refractivity (Wildman–Crippen MR) is 116 cm³/mol. The second-order valence-corrected chi connectivity index (χ2v) is 9.64. The fourth-order valence-electron chi connectivity index (χ4n) is 3.84. The van der Waals surface area contributed by atoms with Crippen LogP contribution in [0.1, 0.15) is 28.4 Å². The number of nitrogens with zero attached hydrogens (tertiary/aromatic N) is 2. The van der Waals surface area contributed by atoms with Gasteiger partial charge in [0.05, 0.1) is 4.90 Å². The third kappa shape index (κ3) is 4.53. The summed E-state index contributed by atoms with van der Waals surface area (Å²) in [6, 6.07) is 10.6. The Labute approximate surface area is 182 Å². The van der Waals surface area contributed by atoms with Gasteiger partial charge in [0, 0.05) is 44.8 Å². The number of amides is 1. The number of piperazine rings is 1. The van der Waals surface area contributed by atoms with Gasteiger partial charge in [-0.25, -0.2) is 8.42 Å². The highest BCUT2D eigenvalue weighted by Crippen LogP contribution is 2.33. The zero-order valence-corrected chi connectivity index (χ0v) is 18.6. The monoisotopic (exact) mass is 445 g/mol. The van der Waals surface area contributed by atoms with Gasteiger partial charge in [0.15, 0.2) is 11.5 Å². The highest BCUT2D eigenvalue weighted by Gasteiger charge is 2.29. The van der Waals surface area contributed by atoms with Crippen molar-refractivity contribution in [1.82, 2.24) is 14.5 Å². The number of fused-ring (bicyclic) bond motifs is 1. The number of ether oxygens (including phenoxy) is 2. The molecule has 2 aliphatic heterocycles. The Morgan fingerprint density at radius 2 is 1.77 bits per heavy atom. The lowest BCUT2D eigenvalue weighted by Gasteiger charge is -2.34. The number of benzene rings is 2. The summed E-state index contributed by atoms with van der Waals surface area (Å²) >= 11 is 0. The van der Waals surface area contributed by atoms with E-state index in [4.69, 9.17) is 9.47 Å². The summed E-state index contributed by atoms with van der Waals surface area (Å²) in [4.78, 5) is 14.6. The van der Waals surface area contributed by atoms with E-state index in [0.717, 1.165) is 29.2 Å². The van der Waals surface area contributed by atoms with Crippen LogP contribution in [0.2, 0.25) is 0 Å². The van der Waals surface area contributed by atoms with Gasteiger partial charge in [-0.15, -0.1) is 0 Å². The van der Waals surface area contributed by atoms with Crippen LogP contribution < -0.4 is 14.8 Å². The third-order valence-electron chi connectivity index (χ3n) is 5.60. The number of hydrogen-bond acceptors (Lipinski definition) is 6. The first-order valence-electron chi connectivity index (χ1n) is 10.4. The molecule has 0 spiro atoms. The summed E-state index contributed by atoms with van der Waals surface area (Å²) in [5, 5.41) is 2.73. The molecule has 2 heterocycles. The molecule has 0 unspecified atom stereocenters. The molecule has 1 amide bonds. The normalized spacial score (nSPS) is 17.0. The van der Waals surface area contributed by atoms with E-state index in [2.05, 4.69) is 10.2 Å².